The van der Waals surface area contributed by atoms with Gasteiger partial charge < -0.3 is 9.80 Å². The van der Waals surface area contributed by atoms with Crippen LogP contribution in [0.2, 0.25) is 5.02 Å². The molecular formula is C33H39ClN4O4S. The van der Waals surface area contributed by atoms with Gasteiger partial charge in [-0.1, -0.05) is 60.1 Å². The van der Waals surface area contributed by atoms with Crippen LogP contribution in [0.15, 0.2) is 77.7 Å². The number of carbonyl (C=O) groups excluding carboxylic acids is 2. The third kappa shape index (κ3) is 8.23. The summed E-state index contributed by atoms with van der Waals surface area (Å²) >= 11 is 6.45. The topological polar surface area (TPSA) is 90.0 Å². The Morgan fingerprint density at radius 2 is 1.65 bits per heavy atom. The Bertz CT molecular complexity index is 1530. The van der Waals surface area contributed by atoms with Crippen molar-refractivity contribution in [2.45, 2.75) is 50.1 Å². The molecule has 5 rings (SSSR count). The zero-order chi connectivity index (χ0) is 30.4. The van der Waals surface area contributed by atoms with Crippen molar-refractivity contribution in [3.63, 3.8) is 0 Å². The highest BCUT2D eigenvalue weighted by Gasteiger charge is 2.35. The Morgan fingerprint density at radius 1 is 0.907 bits per heavy atom. The van der Waals surface area contributed by atoms with Crippen molar-refractivity contribution in [1.82, 2.24) is 14.5 Å². The maximum absolute atomic E-state index is 13.8. The molecule has 0 saturated heterocycles. The minimum Gasteiger partial charge on any atom is -0.337 e. The highest BCUT2D eigenvalue weighted by molar-refractivity contribution is 7.89. The van der Waals surface area contributed by atoms with E-state index in [-0.39, 0.29) is 29.0 Å². The van der Waals surface area contributed by atoms with Gasteiger partial charge in [0.25, 0.3) is 0 Å². The smallest absolute Gasteiger partial charge is 0.240 e. The standard InChI is InChI=1S/C33H39ClN4O4S/c1-35-43(41,42)30-15-8-25(9-16-30)10-17-32(39)37-21-20-36(23-26-6-3-2-4-7-26)18-5-19-38(33(40)27-11-12-27)31-22-29(34)14-13-28(31)24-37/h2-4,6-9,13-16,22,27,35H,5,10-12,17-21,23-24H2,1H3. The van der Waals surface area contributed by atoms with E-state index in [0.717, 1.165) is 49.2 Å². The van der Waals surface area contributed by atoms with Crippen LogP contribution in [0.3, 0.4) is 0 Å². The summed E-state index contributed by atoms with van der Waals surface area (Å²) in [6.45, 7) is 3.78. The van der Waals surface area contributed by atoms with Crippen LogP contribution in [0, 0.1) is 5.92 Å². The summed E-state index contributed by atoms with van der Waals surface area (Å²) in [6.07, 6.45) is 3.41. The number of nitrogens with one attached hydrogen (secondary N) is 1. The molecule has 0 aromatic heterocycles. The molecule has 0 unspecified atom stereocenters. The molecule has 0 atom stereocenters. The molecule has 43 heavy (non-hydrogen) atoms. The summed E-state index contributed by atoms with van der Waals surface area (Å²) in [6, 6.07) is 22.6. The quantitative estimate of drug-likeness (QED) is 0.388. The Morgan fingerprint density at radius 3 is 2.35 bits per heavy atom. The molecule has 1 N–H and O–H groups in total. The molecule has 1 fully saturated rings. The Kier molecular flexibility index (Phi) is 10.2. The number of benzene rings is 3. The molecule has 2 amide bonds. The van der Waals surface area contributed by atoms with Crippen LogP contribution in [-0.4, -0.2) is 63.3 Å². The number of amides is 2. The van der Waals surface area contributed by atoms with Crippen LogP contribution in [0.5, 0.6) is 0 Å². The molecular weight excluding hydrogens is 584 g/mol. The van der Waals surface area contributed by atoms with Crippen LogP contribution in [-0.2, 0) is 39.1 Å². The summed E-state index contributed by atoms with van der Waals surface area (Å²) in [5.41, 5.74) is 3.80. The van der Waals surface area contributed by atoms with Gasteiger partial charge in [0.2, 0.25) is 21.8 Å². The van der Waals surface area contributed by atoms with Gasteiger partial charge >= 0.3 is 0 Å². The summed E-state index contributed by atoms with van der Waals surface area (Å²) in [4.78, 5) is 33.6. The molecule has 1 aliphatic heterocycles. The minimum absolute atomic E-state index is 0.00630. The largest absolute Gasteiger partial charge is 0.337 e. The summed E-state index contributed by atoms with van der Waals surface area (Å²) < 4.78 is 26.5. The van der Waals surface area contributed by atoms with Crippen molar-refractivity contribution in [3.8, 4) is 0 Å². The van der Waals surface area contributed by atoms with Crippen molar-refractivity contribution in [2.75, 3.05) is 38.1 Å². The molecule has 0 bridgehead atoms. The van der Waals surface area contributed by atoms with Crippen molar-refractivity contribution < 1.29 is 18.0 Å². The zero-order valence-electron chi connectivity index (χ0n) is 24.5. The highest BCUT2D eigenvalue weighted by atomic mass is 35.5. The first kappa shape index (κ1) is 31.2. The highest BCUT2D eigenvalue weighted by Crippen LogP contribution is 2.35. The number of rotatable bonds is 8. The van der Waals surface area contributed by atoms with Crippen molar-refractivity contribution in [1.29, 1.82) is 0 Å². The Balaban J connectivity index is 1.38. The molecule has 3 aromatic carbocycles. The van der Waals surface area contributed by atoms with Gasteiger partial charge in [0.15, 0.2) is 0 Å². The lowest BCUT2D eigenvalue weighted by Gasteiger charge is -2.28. The minimum atomic E-state index is -3.52. The molecule has 2 aliphatic rings. The van der Waals surface area contributed by atoms with Crippen LogP contribution >= 0.6 is 11.6 Å². The number of aryl methyl sites for hydroxylation is 1. The summed E-state index contributed by atoms with van der Waals surface area (Å²) in [5, 5.41) is 0.564. The van der Waals surface area contributed by atoms with Gasteiger partial charge in [-0.25, -0.2) is 13.1 Å². The Labute approximate surface area is 259 Å². The predicted octanol–water partition coefficient (Wildman–Crippen LogP) is 4.86. The van der Waals surface area contributed by atoms with Crippen molar-refractivity contribution >= 4 is 39.1 Å². The van der Waals surface area contributed by atoms with Gasteiger partial charge in [0, 0.05) is 56.6 Å². The first-order valence-corrected chi connectivity index (χ1v) is 16.8. The van der Waals surface area contributed by atoms with Crippen LogP contribution in [0.25, 0.3) is 0 Å². The second-order valence-corrected chi connectivity index (χ2v) is 13.6. The van der Waals surface area contributed by atoms with E-state index in [1.54, 1.807) is 24.3 Å². The second kappa shape index (κ2) is 14.0. The van der Waals surface area contributed by atoms with Crippen molar-refractivity contribution in [2.24, 2.45) is 5.92 Å². The van der Waals surface area contributed by atoms with Crippen molar-refractivity contribution in [3.05, 3.63) is 94.5 Å². The van der Waals surface area contributed by atoms with Gasteiger partial charge in [0.1, 0.15) is 0 Å². The maximum Gasteiger partial charge on any atom is 0.240 e. The molecule has 1 saturated carbocycles. The SMILES string of the molecule is CNS(=O)(=O)c1ccc(CCC(=O)N2CCN(Cc3ccccc3)CCCN(C(=O)C3CC3)c3cc(Cl)ccc3C2)cc1. The van der Waals surface area contributed by atoms with E-state index in [1.165, 1.54) is 12.6 Å². The normalized spacial score (nSPS) is 16.8. The van der Waals surface area contributed by atoms with Crippen LogP contribution in [0.1, 0.15) is 42.4 Å². The van der Waals surface area contributed by atoms with E-state index < -0.39 is 10.0 Å². The number of hydrogen-bond acceptors (Lipinski definition) is 5. The fraction of sp³-hybridized carbons (Fsp3) is 0.394. The lowest BCUT2D eigenvalue weighted by molar-refractivity contribution is -0.132. The lowest BCUT2D eigenvalue weighted by atomic mass is 10.1. The fourth-order valence-electron chi connectivity index (χ4n) is 5.51. The van der Waals surface area contributed by atoms with E-state index in [0.29, 0.717) is 37.6 Å². The molecule has 0 radical (unpaired) electrons. The molecule has 8 nitrogen and oxygen atoms in total. The second-order valence-electron chi connectivity index (χ2n) is 11.3. The first-order chi connectivity index (χ1) is 20.7. The number of anilines is 1. The molecule has 228 valence electrons. The predicted molar refractivity (Wildman–Crippen MR) is 169 cm³/mol. The molecule has 1 heterocycles. The number of sulfonamides is 1. The van der Waals surface area contributed by atoms with Gasteiger partial charge in [-0.2, -0.15) is 0 Å². The third-order valence-corrected chi connectivity index (χ3v) is 9.83. The number of hydrogen-bond donors (Lipinski definition) is 1. The molecule has 1 aliphatic carbocycles. The van der Waals surface area contributed by atoms with Gasteiger partial charge in [0.05, 0.1) is 10.6 Å². The fourth-order valence-corrected chi connectivity index (χ4v) is 6.40. The number of nitrogens with zero attached hydrogens (tertiary/aromatic N) is 3. The zero-order valence-corrected chi connectivity index (χ0v) is 26.1. The third-order valence-electron chi connectivity index (χ3n) is 8.17. The number of halogens is 1. The van der Waals surface area contributed by atoms with Gasteiger partial charge in [-0.3, -0.25) is 14.5 Å². The van der Waals surface area contributed by atoms with E-state index >= 15 is 0 Å². The van der Waals surface area contributed by atoms with Gasteiger partial charge in [-0.05, 0) is 73.7 Å². The summed E-state index contributed by atoms with van der Waals surface area (Å²) in [5.74, 6) is 0.204. The van der Waals surface area contributed by atoms with E-state index in [4.69, 9.17) is 11.6 Å². The van der Waals surface area contributed by atoms with E-state index in [1.807, 2.05) is 46.2 Å². The van der Waals surface area contributed by atoms with E-state index in [9.17, 15) is 18.0 Å². The van der Waals surface area contributed by atoms with Crippen LogP contribution < -0.4 is 9.62 Å². The number of fused-ring (bicyclic) bond motifs is 1. The monoisotopic (exact) mass is 622 g/mol. The molecule has 3 aromatic rings. The molecule has 0 spiro atoms. The summed E-state index contributed by atoms with van der Waals surface area (Å²) in [7, 11) is -2.14. The maximum atomic E-state index is 13.8. The van der Waals surface area contributed by atoms with Gasteiger partial charge in [-0.15, -0.1) is 0 Å². The Hall–Kier alpha value is -3.24. The lowest BCUT2D eigenvalue weighted by Crippen LogP contribution is -2.38. The average Bonchev–Trinajstić information content (AvgIpc) is 3.87. The van der Waals surface area contributed by atoms with E-state index in [2.05, 4.69) is 21.8 Å². The van der Waals surface area contributed by atoms with Crippen LogP contribution in [0.4, 0.5) is 5.69 Å². The molecule has 10 heteroatoms. The average molecular weight is 623 g/mol. The number of carbonyl (C=O) groups is 2. The first-order valence-electron chi connectivity index (χ1n) is 14.9.